The maximum Gasteiger partial charge on any atom is 0.339 e. The number of amidine groups is 1. The molecule has 2 atom stereocenters. The van der Waals surface area contributed by atoms with Gasteiger partial charge in [-0.15, -0.1) is 0 Å². The maximum absolute atomic E-state index is 14.1. The van der Waals surface area contributed by atoms with E-state index < -0.39 is 38.0 Å². The molecular weight excluding hydrogens is 385 g/mol. The molecule has 0 saturated heterocycles. The Morgan fingerprint density at radius 1 is 1.18 bits per heavy atom. The smallest absolute Gasteiger partial charge is 0.339 e. The molecule has 0 spiro atoms. The number of carbonyl (C=O) groups is 1. The van der Waals surface area contributed by atoms with E-state index >= 15 is 0 Å². The van der Waals surface area contributed by atoms with Crippen LogP contribution < -0.4 is 10.9 Å². The van der Waals surface area contributed by atoms with Crippen molar-refractivity contribution in [2.24, 2.45) is 27.4 Å². The molecule has 0 unspecified atom stereocenters. The summed E-state index contributed by atoms with van der Waals surface area (Å²) in [5.74, 6) is -2.41. The van der Waals surface area contributed by atoms with Gasteiger partial charge in [0.1, 0.15) is 10.7 Å². The van der Waals surface area contributed by atoms with Crippen molar-refractivity contribution >= 4 is 21.8 Å². The van der Waals surface area contributed by atoms with E-state index in [2.05, 4.69) is 5.16 Å². The van der Waals surface area contributed by atoms with Crippen LogP contribution in [0.25, 0.3) is 0 Å². The summed E-state index contributed by atoms with van der Waals surface area (Å²) in [7, 11) is -4.16. The molecule has 1 aliphatic carbocycles. The highest BCUT2D eigenvalue weighted by molar-refractivity contribution is 7.89. The van der Waals surface area contributed by atoms with Crippen LogP contribution in [0.4, 0.5) is 4.39 Å². The van der Waals surface area contributed by atoms with Crippen LogP contribution in [-0.2, 0) is 19.7 Å². The van der Waals surface area contributed by atoms with Crippen LogP contribution in [0.15, 0.2) is 58.6 Å². The van der Waals surface area contributed by atoms with Crippen molar-refractivity contribution in [1.29, 1.82) is 0 Å². The van der Waals surface area contributed by atoms with Gasteiger partial charge in [-0.05, 0) is 23.1 Å². The summed E-state index contributed by atoms with van der Waals surface area (Å²) in [6.07, 6.45) is 0. The molecule has 1 saturated carbocycles. The summed E-state index contributed by atoms with van der Waals surface area (Å²) < 4.78 is 36.8. The summed E-state index contributed by atoms with van der Waals surface area (Å²) in [5.41, 5.74) is 6.40. The fourth-order valence-corrected chi connectivity index (χ4v) is 4.04. The first-order valence-corrected chi connectivity index (χ1v) is 10.00. The van der Waals surface area contributed by atoms with Gasteiger partial charge in [-0.25, -0.2) is 22.7 Å². The molecule has 2 aromatic rings. The number of primary sulfonamides is 1. The zero-order valence-corrected chi connectivity index (χ0v) is 16.1. The third-order valence-electron chi connectivity index (χ3n) is 5.01. The van der Waals surface area contributed by atoms with Gasteiger partial charge in [0.2, 0.25) is 10.0 Å². The van der Waals surface area contributed by atoms with Crippen molar-refractivity contribution in [3.8, 4) is 0 Å². The highest BCUT2D eigenvalue weighted by Gasteiger charge is 2.63. The van der Waals surface area contributed by atoms with Gasteiger partial charge in [0.05, 0.1) is 5.92 Å². The van der Waals surface area contributed by atoms with Gasteiger partial charge in [0, 0.05) is 11.5 Å². The third-order valence-corrected chi connectivity index (χ3v) is 5.95. The van der Waals surface area contributed by atoms with E-state index in [-0.39, 0.29) is 11.8 Å². The zero-order chi connectivity index (χ0) is 20.7. The highest BCUT2D eigenvalue weighted by Crippen LogP contribution is 2.64. The quantitative estimate of drug-likeness (QED) is 0.341. The Kier molecular flexibility index (Phi) is 4.99. The number of sulfonamides is 1. The number of hydrogen-bond acceptors (Lipinski definition) is 5. The average molecular weight is 405 g/mol. The van der Waals surface area contributed by atoms with Crippen molar-refractivity contribution in [1.82, 2.24) is 0 Å². The Hall–Kier alpha value is -2.78. The van der Waals surface area contributed by atoms with Crippen molar-refractivity contribution in [3.63, 3.8) is 0 Å². The molecule has 0 radical (unpaired) electrons. The second-order valence-electron chi connectivity index (χ2n) is 7.26. The fourth-order valence-electron chi connectivity index (χ4n) is 3.45. The summed E-state index contributed by atoms with van der Waals surface area (Å²) in [4.78, 5) is 16.9. The number of nitrogens with two attached hydrogens (primary N) is 2. The molecule has 1 fully saturated rings. The highest BCUT2D eigenvalue weighted by atomic mass is 32.2. The number of hydrogen-bond donors (Lipinski definition) is 2. The van der Waals surface area contributed by atoms with Gasteiger partial charge in [-0.1, -0.05) is 55.4 Å². The molecular formula is C19H20FN3O4S. The van der Waals surface area contributed by atoms with Crippen molar-refractivity contribution < 1.29 is 22.4 Å². The second-order valence-corrected chi connectivity index (χ2v) is 8.79. The number of benzene rings is 2. The lowest BCUT2D eigenvalue weighted by Crippen LogP contribution is -2.16. The fraction of sp³-hybridized carbons (Fsp3) is 0.263. The standard InChI is InChI=1S/C19H20FN3O4S/c1-19(2)15(12-8-9-14(13(20)10-12)28(22,25)26)16(19)18(24)27-23-17(21)11-6-4-3-5-7-11/h3-10,15-16H,1-2H3,(H2,21,23)(H2,22,25,26)/t15-,16+/m0/s1. The van der Waals surface area contributed by atoms with Gasteiger partial charge < -0.3 is 10.6 Å². The van der Waals surface area contributed by atoms with Gasteiger partial charge in [-0.3, -0.25) is 0 Å². The summed E-state index contributed by atoms with van der Waals surface area (Å²) in [6.45, 7) is 3.67. The Bertz CT molecular complexity index is 1050. The molecule has 148 valence electrons. The number of nitrogens with zero attached hydrogens (tertiary/aromatic N) is 1. The number of halogens is 1. The van der Waals surface area contributed by atoms with Gasteiger partial charge in [-0.2, -0.15) is 0 Å². The van der Waals surface area contributed by atoms with Crippen LogP contribution in [0.1, 0.15) is 30.9 Å². The van der Waals surface area contributed by atoms with E-state index in [1.54, 1.807) is 24.3 Å². The van der Waals surface area contributed by atoms with Crippen LogP contribution in [0, 0.1) is 17.2 Å². The molecule has 0 aliphatic heterocycles. The van der Waals surface area contributed by atoms with E-state index in [1.807, 2.05) is 19.9 Å². The van der Waals surface area contributed by atoms with Crippen molar-refractivity contribution in [3.05, 3.63) is 65.5 Å². The molecule has 2 aromatic carbocycles. The average Bonchev–Trinajstić information content (AvgIpc) is 3.21. The Labute approximate surface area is 162 Å². The lowest BCUT2D eigenvalue weighted by atomic mass is 10.0. The molecule has 0 heterocycles. The van der Waals surface area contributed by atoms with Crippen LogP contribution in [0.2, 0.25) is 0 Å². The predicted molar refractivity (Wildman–Crippen MR) is 101 cm³/mol. The summed E-state index contributed by atoms with van der Waals surface area (Å²) >= 11 is 0. The van der Waals surface area contributed by atoms with E-state index in [9.17, 15) is 17.6 Å². The van der Waals surface area contributed by atoms with Crippen LogP contribution in [-0.4, -0.2) is 20.2 Å². The molecule has 0 amide bonds. The molecule has 28 heavy (non-hydrogen) atoms. The Morgan fingerprint density at radius 3 is 2.39 bits per heavy atom. The number of rotatable bonds is 5. The first-order valence-electron chi connectivity index (χ1n) is 8.45. The van der Waals surface area contributed by atoms with Crippen LogP contribution in [0.3, 0.4) is 0 Å². The SMILES string of the molecule is CC1(C)[C@@H](C(=O)ON=C(N)c2ccccc2)[C@@H]1c1ccc(S(N)(=O)=O)c(F)c1. The first kappa shape index (κ1) is 20.0. The first-order chi connectivity index (χ1) is 13.0. The van der Waals surface area contributed by atoms with E-state index in [1.165, 1.54) is 6.07 Å². The molecule has 7 nitrogen and oxygen atoms in total. The van der Waals surface area contributed by atoms with E-state index in [4.69, 9.17) is 15.7 Å². The number of carbonyl (C=O) groups excluding carboxylic acids is 1. The van der Waals surface area contributed by atoms with E-state index in [0.29, 0.717) is 11.1 Å². The minimum atomic E-state index is -4.16. The van der Waals surface area contributed by atoms with Crippen molar-refractivity contribution in [2.75, 3.05) is 0 Å². The Balaban J connectivity index is 1.77. The van der Waals surface area contributed by atoms with Crippen LogP contribution in [0.5, 0.6) is 0 Å². The van der Waals surface area contributed by atoms with E-state index in [0.717, 1.165) is 12.1 Å². The van der Waals surface area contributed by atoms with Gasteiger partial charge >= 0.3 is 5.97 Å². The Morgan fingerprint density at radius 2 is 1.82 bits per heavy atom. The minimum absolute atomic E-state index is 0.0625. The topological polar surface area (TPSA) is 125 Å². The molecule has 0 bridgehead atoms. The summed E-state index contributed by atoms with van der Waals surface area (Å²) in [6, 6.07) is 12.5. The molecule has 4 N–H and O–H groups in total. The van der Waals surface area contributed by atoms with Gasteiger partial charge in [0.15, 0.2) is 5.84 Å². The largest absolute Gasteiger partial charge is 0.380 e. The van der Waals surface area contributed by atoms with Crippen LogP contribution >= 0.6 is 0 Å². The zero-order valence-electron chi connectivity index (χ0n) is 15.3. The lowest BCUT2D eigenvalue weighted by Gasteiger charge is -2.05. The maximum atomic E-state index is 14.1. The van der Waals surface area contributed by atoms with Gasteiger partial charge in [0.25, 0.3) is 0 Å². The number of oxime groups is 1. The summed E-state index contributed by atoms with van der Waals surface area (Å²) in [5, 5.41) is 8.66. The van der Waals surface area contributed by atoms with Crippen molar-refractivity contribution in [2.45, 2.75) is 24.7 Å². The molecule has 1 aliphatic rings. The molecule has 9 heteroatoms. The third kappa shape index (κ3) is 3.76. The second kappa shape index (κ2) is 6.99. The molecule has 0 aromatic heterocycles. The molecule has 3 rings (SSSR count). The predicted octanol–water partition coefficient (Wildman–Crippen LogP) is 2.08. The lowest BCUT2D eigenvalue weighted by molar-refractivity contribution is -0.146. The minimum Gasteiger partial charge on any atom is -0.380 e. The normalized spacial score (nSPS) is 21.2. The monoisotopic (exact) mass is 405 g/mol.